The predicted molar refractivity (Wildman–Crippen MR) is 95.7 cm³/mol. The summed E-state index contributed by atoms with van der Waals surface area (Å²) >= 11 is 0. The molecular formula is C19H23O4P. The summed E-state index contributed by atoms with van der Waals surface area (Å²) in [4.78, 5) is 12.7. The molecule has 0 heterocycles. The summed E-state index contributed by atoms with van der Waals surface area (Å²) < 4.78 is 24.4. The van der Waals surface area contributed by atoms with Crippen molar-refractivity contribution in [1.82, 2.24) is 0 Å². The van der Waals surface area contributed by atoms with E-state index in [-0.39, 0.29) is 0 Å². The second-order valence-electron chi connectivity index (χ2n) is 6.86. The number of benzene rings is 2. The molecule has 0 bridgehead atoms. The quantitative estimate of drug-likeness (QED) is 0.668. The van der Waals surface area contributed by atoms with Crippen LogP contribution in [0.3, 0.4) is 0 Å². The van der Waals surface area contributed by atoms with Crippen LogP contribution < -0.4 is 9.05 Å². The average molecular weight is 346 g/mol. The van der Waals surface area contributed by atoms with Gasteiger partial charge in [-0.15, -0.1) is 0 Å². The van der Waals surface area contributed by atoms with Gasteiger partial charge in [0.05, 0.1) is 0 Å². The van der Waals surface area contributed by atoms with Gasteiger partial charge in [-0.2, -0.15) is 0 Å². The number of hydrogen-bond acceptors (Lipinski definition) is 4. The van der Waals surface area contributed by atoms with Gasteiger partial charge < -0.3 is 9.05 Å². The standard InChI is InChI=1S/C19H23O4P/c1-14-6-10-16(11-7-14)22-24(21,18(20)19(3,4)5)23-17-12-8-15(2)9-13-17/h6-13H,1-5H3. The fraction of sp³-hybridized carbons (Fsp3) is 0.316. The number of aryl methyl sites for hydroxylation is 2. The van der Waals surface area contributed by atoms with Crippen molar-refractivity contribution in [2.24, 2.45) is 5.41 Å². The summed E-state index contributed by atoms with van der Waals surface area (Å²) in [6, 6.07) is 14.0. The number of rotatable bonds is 5. The molecule has 0 saturated carbocycles. The van der Waals surface area contributed by atoms with E-state index in [4.69, 9.17) is 9.05 Å². The van der Waals surface area contributed by atoms with Crippen LogP contribution >= 0.6 is 7.60 Å². The van der Waals surface area contributed by atoms with E-state index in [9.17, 15) is 9.36 Å². The van der Waals surface area contributed by atoms with Gasteiger partial charge in [-0.3, -0.25) is 4.79 Å². The van der Waals surface area contributed by atoms with Gasteiger partial charge in [-0.25, -0.2) is 4.57 Å². The van der Waals surface area contributed by atoms with Crippen molar-refractivity contribution in [1.29, 1.82) is 0 Å². The molecule has 0 saturated heterocycles. The minimum absolute atomic E-state index is 0.341. The van der Waals surface area contributed by atoms with E-state index in [0.29, 0.717) is 11.5 Å². The van der Waals surface area contributed by atoms with Crippen LogP contribution in [0.1, 0.15) is 31.9 Å². The summed E-state index contributed by atoms with van der Waals surface area (Å²) in [5.74, 6) is 0.683. The molecule has 2 aromatic rings. The van der Waals surface area contributed by atoms with E-state index in [1.54, 1.807) is 45.0 Å². The van der Waals surface area contributed by atoms with Crippen LogP contribution in [0.15, 0.2) is 48.5 Å². The van der Waals surface area contributed by atoms with Crippen molar-refractivity contribution in [2.75, 3.05) is 0 Å². The lowest BCUT2D eigenvalue weighted by atomic mass is 10.00. The number of carbonyl (C=O) groups excluding carboxylic acids is 1. The van der Waals surface area contributed by atoms with E-state index in [2.05, 4.69) is 0 Å². The lowest BCUT2D eigenvalue weighted by Gasteiger charge is -2.24. The highest BCUT2D eigenvalue weighted by atomic mass is 31.2. The van der Waals surface area contributed by atoms with Crippen molar-refractivity contribution >= 4 is 13.1 Å². The minimum atomic E-state index is -4.04. The van der Waals surface area contributed by atoms with Gasteiger partial charge in [0.25, 0.3) is 5.52 Å². The fourth-order valence-corrected chi connectivity index (χ4v) is 3.81. The molecule has 0 radical (unpaired) electrons. The van der Waals surface area contributed by atoms with Crippen LogP contribution in [-0.2, 0) is 9.36 Å². The molecule has 0 N–H and O–H groups in total. The Balaban J connectivity index is 2.37. The van der Waals surface area contributed by atoms with Gasteiger partial charge in [0.2, 0.25) is 0 Å². The zero-order valence-corrected chi connectivity index (χ0v) is 15.6. The molecule has 0 aromatic heterocycles. The summed E-state index contributed by atoms with van der Waals surface area (Å²) in [5, 5.41) is 0. The second kappa shape index (κ2) is 6.82. The zero-order valence-electron chi connectivity index (χ0n) is 14.7. The Morgan fingerprint density at radius 2 is 1.12 bits per heavy atom. The Morgan fingerprint density at radius 3 is 1.42 bits per heavy atom. The monoisotopic (exact) mass is 346 g/mol. The first-order valence-electron chi connectivity index (χ1n) is 7.78. The lowest BCUT2D eigenvalue weighted by Crippen LogP contribution is -2.24. The summed E-state index contributed by atoms with van der Waals surface area (Å²) in [7, 11) is -4.04. The summed E-state index contributed by atoms with van der Waals surface area (Å²) in [6.45, 7) is 8.95. The number of hydrogen-bond donors (Lipinski definition) is 0. The second-order valence-corrected chi connectivity index (χ2v) is 8.63. The van der Waals surface area contributed by atoms with Crippen molar-refractivity contribution in [2.45, 2.75) is 34.6 Å². The fourth-order valence-electron chi connectivity index (χ4n) is 1.99. The Morgan fingerprint density at radius 1 is 0.792 bits per heavy atom. The first-order chi connectivity index (χ1) is 11.1. The molecule has 0 spiro atoms. The maximum Gasteiger partial charge on any atom is 0.498 e. The zero-order chi connectivity index (χ0) is 18.0. The SMILES string of the molecule is Cc1ccc(OP(=O)(Oc2ccc(C)cc2)C(=O)C(C)(C)C)cc1. The molecule has 24 heavy (non-hydrogen) atoms. The Hall–Kier alpha value is -2.06. The Bertz CT molecular complexity index is 704. The van der Waals surface area contributed by atoms with Crippen molar-refractivity contribution in [3.8, 4) is 11.5 Å². The predicted octanol–water partition coefficient (Wildman–Crippen LogP) is 5.53. The maximum atomic E-state index is 13.3. The molecular weight excluding hydrogens is 323 g/mol. The lowest BCUT2D eigenvalue weighted by molar-refractivity contribution is -0.119. The van der Waals surface area contributed by atoms with Crippen LogP contribution in [0.2, 0.25) is 0 Å². The third-order valence-electron chi connectivity index (χ3n) is 3.38. The molecule has 128 valence electrons. The maximum absolute atomic E-state index is 13.3. The molecule has 2 aromatic carbocycles. The molecule has 4 nitrogen and oxygen atoms in total. The molecule has 0 atom stereocenters. The third-order valence-corrected chi connectivity index (χ3v) is 5.45. The van der Waals surface area contributed by atoms with Crippen LogP contribution in [0.4, 0.5) is 0 Å². The van der Waals surface area contributed by atoms with E-state index >= 15 is 0 Å². The van der Waals surface area contributed by atoms with Crippen LogP contribution in [0.5, 0.6) is 11.5 Å². The third kappa shape index (κ3) is 4.48. The Labute approximate surface area is 143 Å². The molecule has 0 amide bonds. The van der Waals surface area contributed by atoms with Gasteiger partial charge in [-0.05, 0) is 38.1 Å². The molecule has 2 rings (SSSR count). The van der Waals surface area contributed by atoms with E-state index < -0.39 is 18.5 Å². The van der Waals surface area contributed by atoms with E-state index in [0.717, 1.165) is 11.1 Å². The first-order valence-corrected chi connectivity index (χ1v) is 9.32. The molecule has 0 unspecified atom stereocenters. The largest absolute Gasteiger partial charge is 0.498 e. The van der Waals surface area contributed by atoms with Gasteiger partial charge in [0.15, 0.2) is 0 Å². The van der Waals surface area contributed by atoms with Gasteiger partial charge in [0.1, 0.15) is 11.5 Å². The van der Waals surface area contributed by atoms with Gasteiger partial charge in [-0.1, -0.05) is 56.2 Å². The van der Waals surface area contributed by atoms with Crippen molar-refractivity contribution < 1.29 is 18.4 Å². The normalized spacial score (nSPS) is 11.9. The van der Waals surface area contributed by atoms with Gasteiger partial charge in [0, 0.05) is 5.41 Å². The van der Waals surface area contributed by atoms with Crippen LogP contribution in [-0.4, -0.2) is 5.52 Å². The molecule has 0 aliphatic carbocycles. The van der Waals surface area contributed by atoms with Gasteiger partial charge >= 0.3 is 7.60 Å². The topological polar surface area (TPSA) is 52.6 Å². The highest BCUT2D eigenvalue weighted by Gasteiger charge is 2.45. The summed E-state index contributed by atoms with van der Waals surface area (Å²) in [5.41, 5.74) is 0.666. The van der Waals surface area contributed by atoms with Crippen molar-refractivity contribution in [3.63, 3.8) is 0 Å². The van der Waals surface area contributed by atoms with E-state index in [1.807, 2.05) is 38.1 Å². The first kappa shape index (κ1) is 18.3. The summed E-state index contributed by atoms with van der Waals surface area (Å²) in [6.07, 6.45) is 0. The smallest absolute Gasteiger partial charge is 0.411 e. The average Bonchev–Trinajstić information content (AvgIpc) is 2.50. The van der Waals surface area contributed by atoms with Crippen LogP contribution in [0, 0.1) is 19.3 Å². The molecule has 0 aliphatic heterocycles. The highest BCUT2D eigenvalue weighted by molar-refractivity contribution is 7.72. The van der Waals surface area contributed by atoms with E-state index in [1.165, 1.54) is 0 Å². The minimum Gasteiger partial charge on any atom is -0.411 e. The number of carbonyl (C=O) groups is 1. The highest BCUT2D eigenvalue weighted by Crippen LogP contribution is 2.53. The van der Waals surface area contributed by atoms with Crippen molar-refractivity contribution in [3.05, 3.63) is 59.7 Å². The molecule has 0 fully saturated rings. The molecule has 0 aliphatic rings. The molecule has 5 heteroatoms. The Kier molecular flexibility index (Phi) is 5.19. The van der Waals surface area contributed by atoms with Crippen LogP contribution in [0.25, 0.3) is 0 Å².